The zero-order chi connectivity index (χ0) is 20.1. The van der Waals surface area contributed by atoms with Crippen LogP contribution in [0.15, 0.2) is 91.3 Å². The summed E-state index contributed by atoms with van der Waals surface area (Å²) in [5.74, 6) is 0.0466. The van der Waals surface area contributed by atoms with Crippen LogP contribution in [0.3, 0.4) is 0 Å². The average Bonchev–Trinajstić information content (AvgIpc) is 3.32. The topological polar surface area (TPSA) is 44.1 Å². The number of carbonyl (C=O) groups excluding carboxylic acids is 1. The average molecular weight is 390 g/mol. The first-order valence-corrected chi connectivity index (χ1v) is 10.0. The van der Waals surface area contributed by atoms with Gasteiger partial charge < -0.3 is 4.74 Å². The third-order valence-corrected chi connectivity index (χ3v) is 5.92. The van der Waals surface area contributed by atoms with Gasteiger partial charge in [-0.1, -0.05) is 66.7 Å². The van der Waals surface area contributed by atoms with E-state index >= 15 is 0 Å². The Morgan fingerprint density at radius 2 is 1.50 bits per heavy atom. The van der Waals surface area contributed by atoms with E-state index in [1.807, 2.05) is 54.6 Å². The Bertz CT molecular complexity index is 1340. The van der Waals surface area contributed by atoms with E-state index in [0.717, 1.165) is 22.2 Å². The van der Waals surface area contributed by atoms with Crippen molar-refractivity contribution in [1.82, 2.24) is 9.55 Å². The number of hydrogen-bond donors (Lipinski definition) is 0. The van der Waals surface area contributed by atoms with E-state index < -0.39 is 6.09 Å². The van der Waals surface area contributed by atoms with Crippen molar-refractivity contribution in [3.8, 4) is 22.4 Å². The quantitative estimate of drug-likeness (QED) is 0.375. The molecule has 0 atom stereocenters. The smallest absolute Gasteiger partial charge is 0.418 e. The van der Waals surface area contributed by atoms with Gasteiger partial charge in [0.2, 0.25) is 0 Å². The first kappa shape index (κ1) is 17.0. The van der Waals surface area contributed by atoms with Gasteiger partial charge in [-0.15, -0.1) is 0 Å². The van der Waals surface area contributed by atoms with Crippen molar-refractivity contribution in [3.05, 3.63) is 102 Å². The summed E-state index contributed by atoms with van der Waals surface area (Å²) in [6.45, 7) is 0.300. The summed E-state index contributed by atoms with van der Waals surface area (Å²) < 4.78 is 7.22. The van der Waals surface area contributed by atoms with Gasteiger partial charge in [-0.25, -0.2) is 9.78 Å². The van der Waals surface area contributed by atoms with Gasteiger partial charge in [0.15, 0.2) is 0 Å². The van der Waals surface area contributed by atoms with Crippen molar-refractivity contribution >= 4 is 17.0 Å². The van der Waals surface area contributed by atoms with Gasteiger partial charge in [0.05, 0.1) is 11.2 Å². The Hall–Kier alpha value is -3.92. The highest BCUT2D eigenvalue weighted by Crippen LogP contribution is 2.44. The first-order chi connectivity index (χ1) is 14.8. The number of hydrogen-bond acceptors (Lipinski definition) is 3. The van der Waals surface area contributed by atoms with Crippen LogP contribution in [-0.2, 0) is 4.74 Å². The monoisotopic (exact) mass is 390 g/mol. The molecule has 1 aliphatic carbocycles. The highest BCUT2D eigenvalue weighted by atomic mass is 16.5. The zero-order valence-corrected chi connectivity index (χ0v) is 16.2. The zero-order valence-electron chi connectivity index (χ0n) is 16.2. The van der Waals surface area contributed by atoms with Crippen LogP contribution >= 0.6 is 0 Å². The van der Waals surface area contributed by atoms with E-state index in [-0.39, 0.29) is 5.92 Å². The van der Waals surface area contributed by atoms with Crippen molar-refractivity contribution in [2.45, 2.75) is 5.92 Å². The molecule has 30 heavy (non-hydrogen) atoms. The van der Waals surface area contributed by atoms with Crippen LogP contribution in [0.1, 0.15) is 17.0 Å². The van der Waals surface area contributed by atoms with Crippen LogP contribution in [0.4, 0.5) is 4.79 Å². The SMILES string of the molecule is O=C(OCC1c2ccccc2-c2ccccc21)n1ccc2c3ccccc3nc-2c1. The summed E-state index contributed by atoms with van der Waals surface area (Å²) in [7, 11) is 0. The Balaban J connectivity index is 1.29. The fourth-order valence-corrected chi connectivity index (χ4v) is 4.51. The maximum atomic E-state index is 12.8. The second-order valence-electron chi connectivity index (χ2n) is 7.58. The largest absolute Gasteiger partial charge is 0.448 e. The molecule has 3 aliphatic rings. The maximum absolute atomic E-state index is 12.8. The number of nitrogens with zero attached hydrogens (tertiary/aromatic N) is 2. The summed E-state index contributed by atoms with van der Waals surface area (Å²) in [4.78, 5) is 17.4. The van der Waals surface area contributed by atoms with Crippen molar-refractivity contribution in [2.75, 3.05) is 6.61 Å². The van der Waals surface area contributed by atoms with Crippen LogP contribution in [0.25, 0.3) is 33.3 Å². The lowest BCUT2D eigenvalue weighted by molar-refractivity contribution is 0.144. The molecular formula is C26H18N2O2. The molecule has 3 aromatic carbocycles. The van der Waals surface area contributed by atoms with Crippen LogP contribution in [-0.4, -0.2) is 22.3 Å². The van der Waals surface area contributed by atoms with E-state index in [4.69, 9.17) is 4.74 Å². The number of para-hydroxylation sites is 1. The molecule has 0 radical (unpaired) electrons. The molecule has 2 heterocycles. The Labute approximate surface area is 173 Å². The number of benzene rings is 3. The third kappa shape index (κ3) is 2.54. The van der Waals surface area contributed by atoms with Gasteiger partial charge in [0.25, 0.3) is 0 Å². The molecule has 0 bridgehead atoms. The first-order valence-electron chi connectivity index (χ1n) is 10.0. The Morgan fingerprint density at radius 1 is 0.833 bits per heavy atom. The minimum Gasteiger partial charge on any atom is -0.448 e. The molecular weight excluding hydrogens is 372 g/mol. The number of ether oxygens (including phenoxy) is 1. The molecule has 6 rings (SSSR count). The lowest BCUT2D eigenvalue weighted by Crippen LogP contribution is -2.18. The van der Waals surface area contributed by atoms with Crippen molar-refractivity contribution in [1.29, 1.82) is 0 Å². The van der Waals surface area contributed by atoms with Gasteiger partial charge in [-0.3, -0.25) is 4.57 Å². The number of fused-ring (bicyclic) bond motifs is 6. The minimum absolute atomic E-state index is 0.0466. The second kappa shape index (κ2) is 6.56. The van der Waals surface area contributed by atoms with E-state index in [9.17, 15) is 4.79 Å². The van der Waals surface area contributed by atoms with Crippen molar-refractivity contribution in [3.63, 3.8) is 0 Å². The standard InChI is InChI=1S/C26H18N2O2/c29-26(28-14-13-22-21-11-5-6-12-24(21)27-25(22)15-28)30-16-23-19-9-3-1-7-17(19)18-8-2-4-10-20(18)23/h1-15,23H,16H2. The highest BCUT2D eigenvalue weighted by Gasteiger charge is 2.29. The molecule has 0 aromatic heterocycles. The van der Waals surface area contributed by atoms with E-state index in [0.29, 0.717) is 6.61 Å². The molecule has 3 aromatic rings. The van der Waals surface area contributed by atoms with Crippen LogP contribution in [0, 0.1) is 0 Å². The normalized spacial score (nSPS) is 12.8. The summed E-state index contributed by atoms with van der Waals surface area (Å²) in [6, 6.07) is 26.6. The van der Waals surface area contributed by atoms with Gasteiger partial charge in [0.1, 0.15) is 6.61 Å². The van der Waals surface area contributed by atoms with E-state index in [1.54, 1.807) is 12.4 Å². The number of rotatable bonds is 2. The van der Waals surface area contributed by atoms with Crippen LogP contribution in [0.2, 0.25) is 0 Å². The molecule has 0 fully saturated rings. The van der Waals surface area contributed by atoms with Crippen LogP contribution in [0.5, 0.6) is 0 Å². The summed E-state index contributed by atoms with van der Waals surface area (Å²) in [6.07, 6.45) is 3.09. The lowest BCUT2D eigenvalue weighted by atomic mass is 9.98. The van der Waals surface area contributed by atoms with Crippen molar-refractivity contribution in [2.24, 2.45) is 0 Å². The number of aromatic nitrogens is 2. The molecule has 0 unspecified atom stereocenters. The summed E-state index contributed by atoms with van der Waals surface area (Å²) in [5.41, 5.74) is 7.59. The highest BCUT2D eigenvalue weighted by molar-refractivity contribution is 5.97. The van der Waals surface area contributed by atoms with Gasteiger partial charge in [-0.05, 0) is 34.4 Å². The molecule has 0 saturated carbocycles. The summed E-state index contributed by atoms with van der Waals surface area (Å²) in [5, 5.41) is 1.09. The molecule has 4 heteroatoms. The van der Waals surface area contributed by atoms with Crippen LogP contribution < -0.4 is 0 Å². The molecule has 0 N–H and O–H groups in total. The molecule has 2 aliphatic heterocycles. The minimum atomic E-state index is -0.397. The predicted octanol–water partition coefficient (Wildman–Crippen LogP) is 5.94. The second-order valence-corrected chi connectivity index (χ2v) is 7.58. The Kier molecular flexibility index (Phi) is 3.71. The molecule has 0 saturated heterocycles. The lowest BCUT2D eigenvalue weighted by Gasteiger charge is -2.15. The van der Waals surface area contributed by atoms with Gasteiger partial charge in [-0.2, -0.15) is 0 Å². The number of carbonyl (C=O) groups is 1. The molecule has 0 spiro atoms. The fourth-order valence-electron chi connectivity index (χ4n) is 4.51. The van der Waals surface area contributed by atoms with E-state index in [2.05, 4.69) is 29.2 Å². The molecule has 4 nitrogen and oxygen atoms in total. The molecule has 0 amide bonds. The maximum Gasteiger partial charge on any atom is 0.418 e. The van der Waals surface area contributed by atoms with Crippen molar-refractivity contribution < 1.29 is 9.53 Å². The number of pyridine rings is 1. The Morgan fingerprint density at radius 3 is 2.27 bits per heavy atom. The fraction of sp³-hybridized carbons (Fsp3) is 0.0769. The third-order valence-electron chi connectivity index (χ3n) is 5.92. The van der Waals surface area contributed by atoms with Gasteiger partial charge >= 0.3 is 6.09 Å². The predicted molar refractivity (Wildman–Crippen MR) is 117 cm³/mol. The van der Waals surface area contributed by atoms with Gasteiger partial charge in [0, 0.05) is 29.3 Å². The molecule has 144 valence electrons. The van der Waals surface area contributed by atoms with E-state index in [1.165, 1.54) is 26.8 Å². The summed E-state index contributed by atoms with van der Waals surface area (Å²) >= 11 is 0.